The molecule has 0 aliphatic rings. The normalized spacial score (nSPS) is 12.4. The van der Waals surface area contributed by atoms with E-state index in [1.165, 1.54) is 55.4 Å². The molecule has 0 saturated carbocycles. The van der Waals surface area contributed by atoms with Crippen molar-refractivity contribution in [2.24, 2.45) is 0 Å². The summed E-state index contributed by atoms with van der Waals surface area (Å²) in [7, 11) is 1.76. The van der Waals surface area contributed by atoms with E-state index in [0.29, 0.717) is 6.61 Å². The van der Waals surface area contributed by atoms with Gasteiger partial charge in [0.25, 0.3) is 0 Å². The predicted octanol–water partition coefficient (Wildman–Crippen LogP) is 5.58. The summed E-state index contributed by atoms with van der Waals surface area (Å²) in [4.78, 5) is 0. The Hall–Kier alpha value is 0.0587. The Kier molecular flexibility index (Phi) is 12.8. The number of methoxy groups -OCH3 is 1. The van der Waals surface area contributed by atoms with Crippen LogP contribution >= 0.6 is 0 Å². The monoisotopic (exact) mass is 386 g/mol. The summed E-state index contributed by atoms with van der Waals surface area (Å²) >= 11 is -2.35. The van der Waals surface area contributed by atoms with E-state index in [4.69, 9.17) is 11.2 Å². The SMILES string of the molecule is C#C/[C](=C/COC)[Sn]([CH2]CCC)([CH2]CCC)[CH2]CCC. The van der Waals surface area contributed by atoms with Crippen molar-refractivity contribution in [1.82, 2.24) is 0 Å². The van der Waals surface area contributed by atoms with Crippen LogP contribution in [0.3, 0.4) is 0 Å². The Morgan fingerprint density at radius 2 is 1.45 bits per heavy atom. The van der Waals surface area contributed by atoms with Gasteiger partial charge in [0.05, 0.1) is 0 Å². The summed E-state index contributed by atoms with van der Waals surface area (Å²) in [6.45, 7) is 7.57. The molecular weight excluding hydrogens is 351 g/mol. The molecule has 0 heterocycles. The maximum atomic E-state index is 5.89. The second-order valence-corrected chi connectivity index (χ2v) is 18.9. The van der Waals surface area contributed by atoms with E-state index >= 15 is 0 Å². The Bertz CT molecular complexity index is 279. The van der Waals surface area contributed by atoms with Crippen LogP contribution in [0.15, 0.2) is 9.67 Å². The maximum absolute atomic E-state index is 5.89. The van der Waals surface area contributed by atoms with E-state index in [1.54, 1.807) is 7.11 Å². The van der Waals surface area contributed by atoms with Crippen LogP contribution in [0.25, 0.3) is 0 Å². The van der Waals surface area contributed by atoms with E-state index in [0.717, 1.165) is 0 Å². The van der Waals surface area contributed by atoms with Crippen LogP contribution in [-0.4, -0.2) is 32.1 Å². The quantitative estimate of drug-likeness (QED) is 0.315. The van der Waals surface area contributed by atoms with Crippen LogP contribution in [-0.2, 0) is 4.74 Å². The van der Waals surface area contributed by atoms with Crippen molar-refractivity contribution >= 4 is 18.4 Å². The van der Waals surface area contributed by atoms with Crippen molar-refractivity contribution in [2.45, 2.75) is 72.6 Å². The van der Waals surface area contributed by atoms with Gasteiger partial charge in [0.2, 0.25) is 0 Å². The van der Waals surface area contributed by atoms with Gasteiger partial charge in [0, 0.05) is 0 Å². The Morgan fingerprint density at radius 3 is 1.75 bits per heavy atom. The summed E-state index contributed by atoms with van der Waals surface area (Å²) < 4.78 is 11.0. The third-order valence-corrected chi connectivity index (χ3v) is 19.7. The molecule has 0 spiro atoms. The van der Waals surface area contributed by atoms with Gasteiger partial charge in [-0.2, -0.15) is 0 Å². The Labute approximate surface area is 131 Å². The van der Waals surface area contributed by atoms with Crippen LogP contribution < -0.4 is 0 Å². The standard InChI is InChI=1S/C6H7O.3C4H9.Sn/c1-3-4-5-6-7-2;3*1-3-4-2;/h1,5H,6H2,2H3;3*1,3-4H2,2H3;. The summed E-state index contributed by atoms with van der Waals surface area (Å²) in [6.07, 6.45) is 16.1. The zero-order chi connectivity index (χ0) is 15.3. The zero-order valence-corrected chi connectivity index (χ0v) is 17.0. The molecule has 0 N–H and O–H groups in total. The molecule has 0 bridgehead atoms. The third-order valence-electron chi connectivity index (χ3n) is 4.21. The first kappa shape index (κ1) is 20.1. The van der Waals surface area contributed by atoms with E-state index in [2.05, 4.69) is 32.8 Å². The van der Waals surface area contributed by atoms with E-state index in [-0.39, 0.29) is 0 Å². The number of allylic oxidation sites excluding steroid dienone is 1. The molecule has 2 heteroatoms. The van der Waals surface area contributed by atoms with Crippen molar-refractivity contribution < 1.29 is 4.74 Å². The van der Waals surface area contributed by atoms with Crippen LogP contribution in [0.1, 0.15) is 59.3 Å². The molecule has 0 aliphatic carbocycles. The molecule has 0 aromatic carbocycles. The van der Waals surface area contributed by atoms with Crippen molar-refractivity contribution in [3.8, 4) is 12.3 Å². The van der Waals surface area contributed by atoms with Gasteiger partial charge >= 0.3 is 131 Å². The number of rotatable bonds is 12. The molecule has 0 aliphatic heterocycles. The number of unbranched alkanes of at least 4 members (excludes halogenated alkanes) is 3. The first-order valence-corrected chi connectivity index (χ1v) is 15.8. The van der Waals surface area contributed by atoms with Crippen LogP contribution in [0, 0.1) is 12.3 Å². The number of ether oxygens (including phenoxy) is 1. The molecule has 0 rings (SSSR count). The molecule has 116 valence electrons. The van der Waals surface area contributed by atoms with Gasteiger partial charge < -0.3 is 0 Å². The topological polar surface area (TPSA) is 9.23 Å². The van der Waals surface area contributed by atoms with E-state index < -0.39 is 18.4 Å². The molecule has 0 fully saturated rings. The van der Waals surface area contributed by atoms with Gasteiger partial charge in [0.15, 0.2) is 0 Å². The first-order chi connectivity index (χ1) is 9.70. The fourth-order valence-corrected chi connectivity index (χ4v) is 18.5. The second-order valence-electron chi connectivity index (χ2n) is 5.81. The van der Waals surface area contributed by atoms with Crippen LogP contribution in [0.4, 0.5) is 0 Å². The summed E-state index contributed by atoms with van der Waals surface area (Å²) in [5.74, 6) is 3.08. The summed E-state index contributed by atoms with van der Waals surface area (Å²) in [5.41, 5.74) is 0. The number of terminal acetylenes is 1. The second kappa shape index (κ2) is 12.8. The molecule has 0 amide bonds. The fourth-order valence-electron chi connectivity index (χ4n) is 2.92. The van der Waals surface area contributed by atoms with Crippen LogP contribution in [0.2, 0.25) is 13.3 Å². The molecule has 0 radical (unpaired) electrons. The van der Waals surface area contributed by atoms with Crippen molar-refractivity contribution in [3.63, 3.8) is 0 Å². The molecule has 0 saturated heterocycles. The minimum atomic E-state index is -2.35. The number of hydrogen-bond donors (Lipinski definition) is 0. The van der Waals surface area contributed by atoms with E-state index in [1.807, 2.05) is 0 Å². The zero-order valence-electron chi connectivity index (χ0n) is 14.1. The molecule has 20 heavy (non-hydrogen) atoms. The van der Waals surface area contributed by atoms with Gasteiger partial charge in [0.1, 0.15) is 0 Å². The molecule has 0 aromatic rings. The van der Waals surface area contributed by atoms with Gasteiger partial charge in [-0.25, -0.2) is 0 Å². The molecular formula is C18H34OSn. The fraction of sp³-hybridized carbons (Fsp3) is 0.778. The van der Waals surface area contributed by atoms with Crippen molar-refractivity contribution in [3.05, 3.63) is 9.67 Å². The first-order valence-electron chi connectivity index (χ1n) is 8.36. The van der Waals surface area contributed by atoms with Crippen LogP contribution in [0.5, 0.6) is 0 Å². The summed E-state index contributed by atoms with van der Waals surface area (Å²) in [5, 5.41) is 0. The van der Waals surface area contributed by atoms with Gasteiger partial charge in [-0.05, 0) is 0 Å². The molecule has 0 aromatic heterocycles. The van der Waals surface area contributed by atoms with Crippen molar-refractivity contribution in [1.29, 1.82) is 0 Å². The Morgan fingerprint density at radius 1 is 1.00 bits per heavy atom. The number of hydrogen-bond acceptors (Lipinski definition) is 1. The third kappa shape index (κ3) is 7.18. The average molecular weight is 385 g/mol. The van der Waals surface area contributed by atoms with Crippen molar-refractivity contribution in [2.75, 3.05) is 13.7 Å². The summed E-state index contributed by atoms with van der Waals surface area (Å²) in [6, 6.07) is 0. The minimum absolute atomic E-state index is 0.683. The van der Waals surface area contributed by atoms with Gasteiger partial charge in [-0.3, -0.25) is 0 Å². The van der Waals surface area contributed by atoms with Gasteiger partial charge in [-0.1, -0.05) is 0 Å². The molecule has 1 nitrogen and oxygen atoms in total. The predicted molar refractivity (Wildman–Crippen MR) is 93.7 cm³/mol. The van der Waals surface area contributed by atoms with Gasteiger partial charge in [-0.15, -0.1) is 0 Å². The Balaban J connectivity index is 5.23. The van der Waals surface area contributed by atoms with E-state index in [9.17, 15) is 0 Å². The average Bonchev–Trinajstić information content (AvgIpc) is 2.48. The molecule has 0 atom stereocenters. The molecule has 0 unspecified atom stereocenters.